The minimum absolute atomic E-state index is 0.0460. The van der Waals surface area contributed by atoms with Crippen molar-refractivity contribution >= 4 is 5.78 Å². The zero-order valence-corrected chi connectivity index (χ0v) is 12.3. The van der Waals surface area contributed by atoms with Gasteiger partial charge in [0.1, 0.15) is 6.10 Å². The molecular formula is C16H24O3. The van der Waals surface area contributed by atoms with E-state index < -0.39 is 6.10 Å². The fraction of sp³-hybridized carbons (Fsp3) is 0.562. The summed E-state index contributed by atoms with van der Waals surface area (Å²) in [5.74, 6) is 0.107. The van der Waals surface area contributed by atoms with Gasteiger partial charge in [-0.05, 0) is 18.9 Å². The summed E-state index contributed by atoms with van der Waals surface area (Å²) < 4.78 is 11.2. The van der Waals surface area contributed by atoms with Crippen molar-refractivity contribution in [1.29, 1.82) is 0 Å². The molecule has 19 heavy (non-hydrogen) atoms. The first-order chi connectivity index (χ1) is 9.10. The van der Waals surface area contributed by atoms with Crippen LogP contribution < -0.4 is 0 Å². The number of Topliss-reactive ketones (excluding diaryl/α,β-unsaturated/α-hetero) is 1. The Kier molecular flexibility index (Phi) is 6.74. The van der Waals surface area contributed by atoms with Gasteiger partial charge in [0.05, 0.1) is 12.7 Å². The van der Waals surface area contributed by atoms with Crippen molar-refractivity contribution in [1.82, 2.24) is 0 Å². The molecule has 0 radical (unpaired) electrons. The number of carbonyl (C=O) groups excluding carboxylic acids is 1. The van der Waals surface area contributed by atoms with Gasteiger partial charge in [0.15, 0.2) is 5.78 Å². The molecule has 106 valence electrons. The lowest BCUT2D eigenvalue weighted by Crippen LogP contribution is -2.37. The third-order valence-electron chi connectivity index (χ3n) is 3.44. The van der Waals surface area contributed by atoms with E-state index >= 15 is 0 Å². The second-order valence-electron chi connectivity index (χ2n) is 4.87. The topological polar surface area (TPSA) is 35.5 Å². The Labute approximate surface area is 115 Å². The normalized spacial score (nSPS) is 15.8. The van der Waals surface area contributed by atoms with Gasteiger partial charge in [-0.25, -0.2) is 0 Å². The lowest BCUT2D eigenvalue weighted by Gasteiger charge is -2.28. The molecule has 0 unspecified atom stereocenters. The second-order valence-corrected chi connectivity index (χ2v) is 4.87. The van der Waals surface area contributed by atoms with Gasteiger partial charge >= 0.3 is 0 Å². The van der Waals surface area contributed by atoms with Crippen LogP contribution in [-0.4, -0.2) is 25.1 Å². The molecule has 0 bridgehead atoms. The van der Waals surface area contributed by atoms with E-state index in [4.69, 9.17) is 9.47 Å². The molecule has 0 aromatic heterocycles. The fourth-order valence-electron chi connectivity index (χ4n) is 2.35. The van der Waals surface area contributed by atoms with Crippen LogP contribution in [0.2, 0.25) is 0 Å². The number of hydrogen-bond donors (Lipinski definition) is 0. The Hall–Kier alpha value is -1.19. The quantitative estimate of drug-likeness (QED) is 0.723. The minimum atomic E-state index is -0.412. The zero-order chi connectivity index (χ0) is 14.3. The standard InChI is InChI=1S/C16H24O3/c1-5-15(18-4)12(2)16(13(3)17)19-11-14-9-7-6-8-10-14/h6-10,12,15-16H,5,11H2,1-4H3/t12-,15-,16-/m1/s1. The van der Waals surface area contributed by atoms with Gasteiger partial charge in [0, 0.05) is 13.0 Å². The molecule has 0 saturated heterocycles. The highest BCUT2D eigenvalue weighted by molar-refractivity contribution is 5.80. The van der Waals surface area contributed by atoms with E-state index in [9.17, 15) is 4.79 Å². The minimum Gasteiger partial charge on any atom is -0.381 e. The van der Waals surface area contributed by atoms with Crippen molar-refractivity contribution in [3.05, 3.63) is 35.9 Å². The summed E-state index contributed by atoms with van der Waals surface area (Å²) in [6.07, 6.45) is 0.505. The molecule has 3 atom stereocenters. The van der Waals surface area contributed by atoms with Crippen molar-refractivity contribution in [2.75, 3.05) is 7.11 Å². The largest absolute Gasteiger partial charge is 0.381 e. The van der Waals surface area contributed by atoms with Crippen molar-refractivity contribution in [3.63, 3.8) is 0 Å². The molecule has 0 heterocycles. The molecule has 1 aromatic carbocycles. The molecule has 0 aliphatic carbocycles. The first kappa shape index (κ1) is 15.9. The number of carbonyl (C=O) groups is 1. The molecule has 0 spiro atoms. The van der Waals surface area contributed by atoms with E-state index in [0.29, 0.717) is 6.61 Å². The van der Waals surface area contributed by atoms with Crippen molar-refractivity contribution in [2.24, 2.45) is 5.92 Å². The summed E-state index contributed by atoms with van der Waals surface area (Å²) in [5, 5.41) is 0. The van der Waals surface area contributed by atoms with Crippen molar-refractivity contribution in [2.45, 2.75) is 46.0 Å². The molecule has 0 aliphatic rings. The smallest absolute Gasteiger partial charge is 0.158 e. The van der Waals surface area contributed by atoms with E-state index in [2.05, 4.69) is 6.92 Å². The van der Waals surface area contributed by atoms with Crippen LogP contribution in [0, 0.1) is 5.92 Å². The fourth-order valence-corrected chi connectivity index (χ4v) is 2.35. The summed E-state index contributed by atoms with van der Waals surface area (Å²) >= 11 is 0. The highest BCUT2D eigenvalue weighted by Crippen LogP contribution is 2.19. The summed E-state index contributed by atoms with van der Waals surface area (Å²) in [6, 6.07) is 9.89. The van der Waals surface area contributed by atoms with E-state index in [1.165, 1.54) is 0 Å². The van der Waals surface area contributed by atoms with Gasteiger partial charge in [-0.2, -0.15) is 0 Å². The highest BCUT2D eigenvalue weighted by Gasteiger charge is 2.28. The third kappa shape index (κ3) is 4.77. The molecule has 0 amide bonds. The number of hydrogen-bond acceptors (Lipinski definition) is 3. The maximum Gasteiger partial charge on any atom is 0.158 e. The van der Waals surface area contributed by atoms with Crippen LogP contribution in [0.4, 0.5) is 0 Å². The van der Waals surface area contributed by atoms with Gasteiger partial charge in [-0.1, -0.05) is 44.2 Å². The Balaban J connectivity index is 2.65. The van der Waals surface area contributed by atoms with Crippen LogP contribution in [0.5, 0.6) is 0 Å². The van der Waals surface area contributed by atoms with Crippen LogP contribution in [0.15, 0.2) is 30.3 Å². The molecule has 1 rings (SSSR count). The van der Waals surface area contributed by atoms with E-state index in [1.807, 2.05) is 37.3 Å². The van der Waals surface area contributed by atoms with Gasteiger partial charge in [-0.3, -0.25) is 4.79 Å². The number of methoxy groups -OCH3 is 1. The summed E-state index contributed by atoms with van der Waals surface area (Å²) in [4.78, 5) is 11.8. The molecular weight excluding hydrogens is 240 g/mol. The average Bonchev–Trinajstić information content (AvgIpc) is 2.41. The summed E-state index contributed by atoms with van der Waals surface area (Å²) in [7, 11) is 1.68. The maximum atomic E-state index is 11.8. The van der Waals surface area contributed by atoms with E-state index in [0.717, 1.165) is 12.0 Å². The van der Waals surface area contributed by atoms with Crippen LogP contribution in [0.3, 0.4) is 0 Å². The molecule has 0 saturated carbocycles. The zero-order valence-electron chi connectivity index (χ0n) is 12.3. The molecule has 3 nitrogen and oxygen atoms in total. The van der Waals surface area contributed by atoms with Crippen LogP contribution in [0.25, 0.3) is 0 Å². The van der Waals surface area contributed by atoms with Gasteiger partial charge in [0.2, 0.25) is 0 Å². The predicted molar refractivity (Wildman–Crippen MR) is 76.0 cm³/mol. The van der Waals surface area contributed by atoms with E-state index in [-0.39, 0.29) is 17.8 Å². The van der Waals surface area contributed by atoms with Crippen molar-refractivity contribution < 1.29 is 14.3 Å². The van der Waals surface area contributed by atoms with E-state index in [1.54, 1.807) is 14.0 Å². The average molecular weight is 264 g/mol. The Morgan fingerprint density at radius 1 is 1.26 bits per heavy atom. The number of ketones is 1. The number of ether oxygens (including phenoxy) is 2. The highest BCUT2D eigenvalue weighted by atomic mass is 16.5. The Morgan fingerprint density at radius 2 is 1.89 bits per heavy atom. The third-order valence-corrected chi connectivity index (χ3v) is 3.44. The number of rotatable bonds is 8. The second kappa shape index (κ2) is 8.08. The van der Waals surface area contributed by atoms with Gasteiger partial charge in [0.25, 0.3) is 0 Å². The Morgan fingerprint density at radius 3 is 2.37 bits per heavy atom. The summed E-state index contributed by atoms with van der Waals surface area (Å²) in [6.45, 7) is 6.10. The van der Waals surface area contributed by atoms with Crippen LogP contribution in [0.1, 0.15) is 32.8 Å². The molecule has 3 heteroatoms. The molecule has 0 aliphatic heterocycles. The lowest BCUT2D eigenvalue weighted by atomic mass is 9.93. The van der Waals surface area contributed by atoms with Gasteiger partial charge < -0.3 is 9.47 Å². The van der Waals surface area contributed by atoms with Crippen LogP contribution >= 0.6 is 0 Å². The van der Waals surface area contributed by atoms with Crippen LogP contribution in [-0.2, 0) is 20.9 Å². The molecule has 0 fully saturated rings. The Bertz CT molecular complexity index is 371. The monoisotopic (exact) mass is 264 g/mol. The van der Waals surface area contributed by atoms with Crippen molar-refractivity contribution in [3.8, 4) is 0 Å². The first-order valence-corrected chi connectivity index (χ1v) is 6.78. The SMILES string of the molecule is CC[C@@H](OC)[C@@H](C)[C@@H](OCc1ccccc1)C(C)=O. The molecule has 1 aromatic rings. The van der Waals surface area contributed by atoms with Gasteiger partial charge in [-0.15, -0.1) is 0 Å². The number of benzene rings is 1. The first-order valence-electron chi connectivity index (χ1n) is 6.78. The maximum absolute atomic E-state index is 11.8. The lowest BCUT2D eigenvalue weighted by molar-refractivity contribution is -0.137. The predicted octanol–water partition coefficient (Wildman–Crippen LogP) is 3.22. The summed E-state index contributed by atoms with van der Waals surface area (Å²) in [5.41, 5.74) is 1.08. The molecule has 0 N–H and O–H groups in total.